The van der Waals surface area contributed by atoms with E-state index in [2.05, 4.69) is 74.2 Å². The maximum absolute atomic E-state index is 13.4. The van der Waals surface area contributed by atoms with E-state index in [9.17, 15) is 4.79 Å². The highest BCUT2D eigenvalue weighted by molar-refractivity contribution is 5.83. The standard InChI is InChI=1S/C34H44N4O3/c1-40-32-8-4-7-31(24-32)36-15-17-38(18-16-36)34(39)12-11-30-26-35(14-13-33(30)37-19-21-41-22-20-37)25-27-9-10-28-5-2-3-6-29(28)23-27/h2-10,23-24,30,33H,11-22,25-26H2,1H3/t30-,33+/m0/s1. The van der Waals surface area contributed by atoms with Crippen LogP contribution in [0.1, 0.15) is 24.8 Å². The minimum Gasteiger partial charge on any atom is -0.497 e. The van der Waals surface area contributed by atoms with Crippen molar-refractivity contribution in [3.63, 3.8) is 0 Å². The van der Waals surface area contributed by atoms with Crippen molar-refractivity contribution in [1.82, 2.24) is 14.7 Å². The fraction of sp³-hybridized carbons (Fsp3) is 0.500. The van der Waals surface area contributed by atoms with Crippen molar-refractivity contribution in [2.24, 2.45) is 5.92 Å². The molecule has 3 aromatic carbocycles. The molecule has 41 heavy (non-hydrogen) atoms. The number of morpholine rings is 1. The number of fused-ring (bicyclic) bond motifs is 1. The number of ether oxygens (including phenoxy) is 2. The van der Waals surface area contributed by atoms with Crippen LogP contribution in [-0.4, -0.2) is 99.3 Å². The topological polar surface area (TPSA) is 48.5 Å². The Labute approximate surface area is 244 Å². The zero-order valence-electron chi connectivity index (χ0n) is 24.4. The number of likely N-dealkylation sites (tertiary alicyclic amines) is 1. The summed E-state index contributed by atoms with van der Waals surface area (Å²) in [4.78, 5) is 23.1. The Bertz CT molecular complexity index is 1300. The van der Waals surface area contributed by atoms with Crippen molar-refractivity contribution in [2.45, 2.75) is 31.8 Å². The van der Waals surface area contributed by atoms with Gasteiger partial charge in [0.1, 0.15) is 5.75 Å². The van der Waals surface area contributed by atoms with Gasteiger partial charge in [-0.05, 0) is 59.8 Å². The smallest absolute Gasteiger partial charge is 0.222 e. The van der Waals surface area contributed by atoms with Crippen LogP contribution < -0.4 is 9.64 Å². The monoisotopic (exact) mass is 556 g/mol. The largest absolute Gasteiger partial charge is 0.497 e. The van der Waals surface area contributed by atoms with Gasteiger partial charge in [0.2, 0.25) is 5.91 Å². The van der Waals surface area contributed by atoms with E-state index >= 15 is 0 Å². The molecule has 2 atom stereocenters. The molecule has 3 heterocycles. The molecule has 0 radical (unpaired) electrons. The maximum Gasteiger partial charge on any atom is 0.222 e. The third-order valence-corrected chi connectivity index (χ3v) is 9.29. The number of nitrogens with zero attached hydrogens (tertiary/aromatic N) is 4. The predicted octanol–water partition coefficient (Wildman–Crippen LogP) is 4.50. The first-order valence-electron chi connectivity index (χ1n) is 15.3. The van der Waals surface area contributed by atoms with E-state index in [1.165, 1.54) is 22.0 Å². The van der Waals surface area contributed by atoms with E-state index in [4.69, 9.17) is 9.47 Å². The lowest BCUT2D eigenvalue weighted by Gasteiger charge is -2.45. The summed E-state index contributed by atoms with van der Waals surface area (Å²) >= 11 is 0. The van der Waals surface area contributed by atoms with Crippen LogP contribution in [-0.2, 0) is 16.1 Å². The Kier molecular flexibility index (Phi) is 9.04. The summed E-state index contributed by atoms with van der Waals surface area (Å²) in [6.45, 7) is 10.0. The van der Waals surface area contributed by atoms with Crippen LogP contribution in [0, 0.1) is 5.92 Å². The summed E-state index contributed by atoms with van der Waals surface area (Å²) in [6.07, 6.45) is 2.74. The van der Waals surface area contributed by atoms with E-state index < -0.39 is 0 Å². The Balaban J connectivity index is 1.06. The van der Waals surface area contributed by atoms with Gasteiger partial charge in [-0.15, -0.1) is 0 Å². The zero-order valence-corrected chi connectivity index (χ0v) is 24.4. The van der Waals surface area contributed by atoms with E-state index in [1.54, 1.807) is 7.11 Å². The number of methoxy groups -OCH3 is 1. The molecule has 3 fully saturated rings. The molecule has 0 unspecified atom stereocenters. The van der Waals surface area contributed by atoms with E-state index in [-0.39, 0.29) is 0 Å². The second-order valence-corrected chi connectivity index (χ2v) is 11.8. The molecule has 0 N–H and O–H groups in total. The third kappa shape index (κ3) is 6.85. The number of rotatable bonds is 8. The fourth-order valence-electron chi connectivity index (χ4n) is 7.00. The van der Waals surface area contributed by atoms with Gasteiger partial charge in [0.25, 0.3) is 0 Å². The summed E-state index contributed by atoms with van der Waals surface area (Å²) < 4.78 is 11.1. The maximum atomic E-state index is 13.4. The van der Waals surface area contributed by atoms with Crippen LogP contribution in [0.3, 0.4) is 0 Å². The molecule has 3 aliphatic rings. The van der Waals surface area contributed by atoms with Gasteiger partial charge in [0.15, 0.2) is 0 Å². The molecule has 0 saturated carbocycles. The number of hydrogen-bond acceptors (Lipinski definition) is 6. The van der Waals surface area contributed by atoms with Gasteiger partial charge in [-0.2, -0.15) is 0 Å². The number of benzene rings is 3. The molecule has 3 aliphatic heterocycles. The molecule has 1 amide bonds. The first-order valence-corrected chi connectivity index (χ1v) is 15.3. The van der Waals surface area contributed by atoms with Crippen molar-refractivity contribution in [3.8, 4) is 5.75 Å². The molecule has 6 rings (SSSR count). The minimum atomic E-state index is 0.308. The Morgan fingerprint density at radius 1 is 0.878 bits per heavy atom. The number of carbonyl (C=O) groups excluding carboxylic acids is 1. The van der Waals surface area contributed by atoms with Crippen molar-refractivity contribution < 1.29 is 14.3 Å². The highest BCUT2D eigenvalue weighted by atomic mass is 16.5. The fourth-order valence-corrected chi connectivity index (χ4v) is 7.00. The highest BCUT2D eigenvalue weighted by Crippen LogP contribution is 2.29. The first kappa shape index (κ1) is 28.0. The Morgan fingerprint density at radius 3 is 2.49 bits per heavy atom. The van der Waals surface area contributed by atoms with Crippen molar-refractivity contribution in [3.05, 3.63) is 72.3 Å². The molecule has 0 bridgehead atoms. The summed E-state index contributed by atoms with van der Waals surface area (Å²) in [5.41, 5.74) is 2.54. The zero-order chi connectivity index (χ0) is 28.0. The normalized spacial score (nSPS) is 22.7. The second kappa shape index (κ2) is 13.2. The Morgan fingerprint density at radius 2 is 1.68 bits per heavy atom. The van der Waals surface area contributed by atoms with Gasteiger partial charge in [-0.25, -0.2) is 0 Å². The lowest BCUT2D eigenvalue weighted by Crippen LogP contribution is -2.54. The van der Waals surface area contributed by atoms with Crippen LogP contribution in [0.15, 0.2) is 66.7 Å². The highest BCUT2D eigenvalue weighted by Gasteiger charge is 2.34. The van der Waals surface area contributed by atoms with Crippen LogP contribution in [0.5, 0.6) is 5.75 Å². The minimum absolute atomic E-state index is 0.308. The van der Waals surface area contributed by atoms with Gasteiger partial charge in [0.05, 0.1) is 20.3 Å². The molecule has 0 aliphatic carbocycles. The van der Waals surface area contributed by atoms with E-state index in [0.717, 1.165) is 90.7 Å². The number of hydrogen-bond donors (Lipinski definition) is 0. The SMILES string of the molecule is COc1cccc(N2CCN(C(=O)CC[C@H]3CN(Cc4ccc5ccccc5c4)CC[C@H]3N3CCOCC3)CC2)c1. The molecule has 0 aromatic heterocycles. The van der Waals surface area contributed by atoms with Gasteiger partial charge >= 0.3 is 0 Å². The number of piperidine rings is 1. The average molecular weight is 557 g/mol. The predicted molar refractivity (Wildman–Crippen MR) is 165 cm³/mol. The van der Waals surface area contributed by atoms with Gasteiger partial charge in [0, 0.05) is 76.6 Å². The third-order valence-electron chi connectivity index (χ3n) is 9.29. The number of carbonyl (C=O) groups is 1. The van der Waals surface area contributed by atoms with Crippen molar-refractivity contribution >= 4 is 22.4 Å². The first-order chi connectivity index (χ1) is 20.2. The molecule has 7 heteroatoms. The van der Waals surface area contributed by atoms with Gasteiger partial charge < -0.3 is 19.3 Å². The number of anilines is 1. The van der Waals surface area contributed by atoms with Crippen LogP contribution in [0.2, 0.25) is 0 Å². The van der Waals surface area contributed by atoms with Crippen LogP contribution in [0.25, 0.3) is 10.8 Å². The van der Waals surface area contributed by atoms with Gasteiger partial charge in [-0.3, -0.25) is 14.6 Å². The molecule has 7 nitrogen and oxygen atoms in total. The molecule has 218 valence electrons. The molecular weight excluding hydrogens is 512 g/mol. The molecule has 3 saturated heterocycles. The summed E-state index contributed by atoms with van der Waals surface area (Å²) in [7, 11) is 1.70. The van der Waals surface area contributed by atoms with Crippen LogP contribution in [0.4, 0.5) is 5.69 Å². The summed E-state index contributed by atoms with van der Waals surface area (Å²) in [5, 5.41) is 2.60. The molecular formula is C34H44N4O3. The Hall–Kier alpha value is -3.13. The summed E-state index contributed by atoms with van der Waals surface area (Å²) in [6, 6.07) is 24.2. The van der Waals surface area contributed by atoms with E-state index in [1.807, 2.05) is 12.1 Å². The average Bonchev–Trinajstić information content (AvgIpc) is 3.04. The molecule has 3 aromatic rings. The lowest BCUT2D eigenvalue weighted by atomic mass is 9.86. The number of amides is 1. The number of piperazine rings is 1. The quantitative estimate of drug-likeness (QED) is 0.407. The van der Waals surface area contributed by atoms with Crippen molar-refractivity contribution in [2.75, 3.05) is 77.6 Å². The summed E-state index contributed by atoms with van der Waals surface area (Å²) in [5.74, 6) is 1.67. The van der Waals surface area contributed by atoms with Crippen LogP contribution >= 0.6 is 0 Å². The second-order valence-electron chi connectivity index (χ2n) is 11.8. The van der Waals surface area contributed by atoms with Crippen molar-refractivity contribution in [1.29, 1.82) is 0 Å². The molecule has 0 spiro atoms. The van der Waals surface area contributed by atoms with E-state index in [0.29, 0.717) is 24.3 Å². The lowest BCUT2D eigenvalue weighted by molar-refractivity contribution is -0.132. The van der Waals surface area contributed by atoms with Gasteiger partial charge in [-0.1, -0.05) is 42.5 Å².